The van der Waals surface area contributed by atoms with Crippen LogP contribution in [0.2, 0.25) is 0 Å². The molecular weight excluding hydrogens is 236 g/mol. The Hall–Kier alpha value is -1.35. The summed E-state index contributed by atoms with van der Waals surface area (Å²) in [5.74, 6) is 0.849. The first-order valence-corrected chi connectivity index (χ1v) is 7.33. The molecule has 1 aliphatic rings. The van der Waals surface area contributed by atoms with Crippen molar-refractivity contribution in [3.05, 3.63) is 35.4 Å². The average molecular weight is 260 g/mol. The first-order chi connectivity index (χ1) is 9.24. The van der Waals surface area contributed by atoms with E-state index in [2.05, 4.69) is 6.92 Å². The number of carbonyl (C=O) groups excluding carboxylic acids is 1. The average Bonchev–Trinajstić information content (AvgIpc) is 2.47. The van der Waals surface area contributed by atoms with E-state index in [1.807, 2.05) is 29.2 Å². The molecule has 0 bridgehead atoms. The van der Waals surface area contributed by atoms with E-state index in [4.69, 9.17) is 5.73 Å². The van der Waals surface area contributed by atoms with Crippen LogP contribution in [0.1, 0.15) is 42.1 Å². The first-order valence-electron chi connectivity index (χ1n) is 7.33. The van der Waals surface area contributed by atoms with Gasteiger partial charge in [0.1, 0.15) is 0 Å². The van der Waals surface area contributed by atoms with Crippen molar-refractivity contribution in [1.82, 2.24) is 4.90 Å². The Morgan fingerprint density at radius 2 is 2.32 bits per heavy atom. The second kappa shape index (κ2) is 6.71. The minimum atomic E-state index is 0.178. The molecule has 3 heteroatoms. The first kappa shape index (κ1) is 14.1. The molecule has 1 aromatic carbocycles. The van der Waals surface area contributed by atoms with Crippen molar-refractivity contribution in [2.24, 2.45) is 11.7 Å². The molecule has 2 N–H and O–H groups in total. The number of hydrogen-bond donors (Lipinski definition) is 1. The van der Waals surface area contributed by atoms with E-state index in [1.54, 1.807) is 0 Å². The maximum atomic E-state index is 12.5. The van der Waals surface area contributed by atoms with Gasteiger partial charge in [0.15, 0.2) is 0 Å². The number of nitrogens with zero attached hydrogens (tertiary/aromatic N) is 1. The SMILES string of the molecule is CCC1CCCN(C(=O)c2cccc(CCN)c2)C1. The lowest BCUT2D eigenvalue weighted by Gasteiger charge is -2.32. The zero-order valence-corrected chi connectivity index (χ0v) is 11.8. The van der Waals surface area contributed by atoms with Gasteiger partial charge in [-0.15, -0.1) is 0 Å². The second-order valence-corrected chi connectivity index (χ2v) is 5.41. The molecule has 0 saturated carbocycles. The Morgan fingerprint density at radius 1 is 1.47 bits per heavy atom. The fourth-order valence-corrected chi connectivity index (χ4v) is 2.79. The van der Waals surface area contributed by atoms with Crippen LogP contribution in [-0.4, -0.2) is 30.4 Å². The van der Waals surface area contributed by atoms with Crippen LogP contribution in [0.4, 0.5) is 0 Å². The van der Waals surface area contributed by atoms with Crippen molar-refractivity contribution in [3.63, 3.8) is 0 Å². The molecular formula is C16H24N2O. The number of hydrogen-bond acceptors (Lipinski definition) is 2. The number of benzene rings is 1. The highest BCUT2D eigenvalue weighted by molar-refractivity contribution is 5.94. The summed E-state index contributed by atoms with van der Waals surface area (Å²) in [5, 5.41) is 0. The number of rotatable bonds is 4. The Kier molecular flexibility index (Phi) is 4.97. The molecule has 19 heavy (non-hydrogen) atoms. The van der Waals surface area contributed by atoms with Crippen LogP contribution in [0, 0.1) is 5.92 Å². The molecule has 1 fully saturated rings. The van der Waals surface area contributed by atoms with E-state index in [1.165, 1.54) is 6.42 Å². The third-order valence-corrected chi connectivity index (χ3v) is 3.99. The van der Waals surface area contributed by atoms with Gasteiger partial charge in [-0.3, -0.25) is 4.79 Å². The lowest BCUT2D eigenvalue weighted by atomic mass is 9.95. The second-order valence-electron chi connectivity index (χ2n) is 5.41. The highest BCUT2D eigenvalue weighted by Gasteiger charge is 2.23. The third kappa shape index (κ3) is 3.57. The Bertz CT molecular complexity index is 431. The predicted octanol–water partition coefficient (Wildman–Crippen LogP) is 2.45. The van der Waals surface area contributed by atoms with Gasteiger partial charge in [-0.2, -0.15) is 0 Å². The highest BCUT2D eigenvalue weighted by Crippen LogP contribution is 2.21. The molecule has 1 heterocycles. The smallest absolute Gasteiger partial charge is 0.253 e. The van der Waals surface area contributed by atoms with Crippen LogP contribution in [0.3, 0.4) is 0 Å². The van der Waals surface area contributed by atoms with Crippen LogP contribution in [0.15, 0.2) is 24.3 Å². The van der Waals surface area contributed by atoms with E-state index in [0.717, 1.165) is 43.5 Å². The normalized spacial score (nSPS) is 19.5. The maximum Gasteiger partial charge on any atom is 0.253 e. The zero-order valence-electron chi connectivity index (χ0n) is 11.8. The summed E-state index contributed by atoms with van der Waals surface area (Å²) in [7, 11) is 0. The molecule has 0 aromatic heterocycles. The van der Waals surface area contributed by atoms with Gasteiger partial charge in [-0.25, -0.2) is 0 Å². The Morgan fingerprint density at radius 3 is 3.05 bits per heavy atom. The molecule has 3 nitrogen and oxygen atoms in total. The standard InChI is InChI=1S/C16H24N2O/c1-2-13-6-4-10-18(12-13)16(19)15-7-3-5-14(11-15)8-9-17/h3,5,7,11,13H,2,4,6,8-10,12,17H2,1H3. The summed E-state index contributed by atoms with van der Waals surface area (Å²) in [6.07, 6.45) is 4.38. The van der Waals surface area contributed by atoms with Crippen LogP contribution in [0.5, 0.6) is 0 Å². The van der Waals surface area contributed by atoms with Crippen molar-refractivity contribution >= 4 is 5.91 Å². The number of carbonyl (C=O) groups is 1. The number of likely N-dealkylation sites (tertiary alicyclic amines) is 1. The van der Waals surface area contributed by atoms with Crippen LogP contribution in [-0.2, 0) is 6.42 Å². The molecule has 1 aromatic rings. The molecule has 1 atom stereocenters. The minimum Gasteiger partial charge on any atom is -0.338 e. The van der Waals surface area contributed by atoms with E-state index >= 15 is 0 Å². The zero-order chi connectivity index (χ0) is 13.7. The summed E-state index contributed by atoms with van der Waals surface area (Å²) < 4.78 is 0. The van der Waals surface area contributed by atoms with E-state index in [9.17, 15) is 4.79 Å². The largest absolute Gasteiger partial charge is 0.338 e. The number of amides is 1. The molecule has 1 aliphatic heterocycles. The van der Waals surface area contributed by atoms with Gasteiger partial charge in [0, 0.05) is 18.7 Å². The predicted molar refractivity (Wildman–Crippen MR) is 78.1 cm³/mol. The summed E-state index contributed by atoms with van der Waals surface area (Å²) in [6.45, 7) is 4.65. The van der Waals surface area contributed by atoms with Gasteiger partial charge >= 0.3 is 0 Å². The molecule has 1 saturated heterocycles. The number of piperidine rings is 1. The summed E-state index contributed by atoms with van der Waals surface area (Å²) in [4.78, 5) is 14.5. The fourth-order valence-electron chi connectivity index (χ4n) is 2.79. The topological polar surface area (TPSA) is 46.3 Å². The molecule has 0 aliphatic carbocycles. The molecule has 0 spiro atoms. The van der Waals surface area contributed by atoms with Crippen molar-refractivity contribution in [2.45, 2.75) is 32.6 Å². The van der Waals surface area contributed by atoms with E-state index in [0.29, 0.717) is 12.5 Å². The third-order valence-electron chi connectivity index (χ3n) is 3.99. The summed E-state index contributed by atoms with van der Waals surface area (Å²) in [5.41, 5.74) is 7.53. The maximum absolute atomic E-state index is 12.5. The lowest BCUT2D eigenvalue weighted by Crippen LogP contribution is -2.39. The van der Waals surface area contributed by atoms with Gasteiger partial charge in [0.2, 0.25) is 0 Å². The van der Waals surface area contributed by atoms with E-state index < -0.39 is 0 Å². The van der Waals surface area contributed by atoms with Gasteiger partial charge in [0.25, 0.3) is 5.91 Å². The number of nitrogens with two attached hydrogens (primary N) is 1. The van der Waals surface area contributed by atoms with Gasteiger partial charge in [-0.1, -0.05) is 25.5 Å². The summed E-state index contributed by atoms with van der Waals surface area (Å²) >= 11 is 0. The van der Waals surface area contributed by atoms with Crippen molar-refractivity contribution in [2.75, 3.05) is 19.6 Å². The molecule has 1 amide bonds. The van der Waals surface area contributed by atoms with Crippen molar-refractivity contribution < 1.29 is 4.79 Å². The Balaban J connectivity index is 2.08. The Labute approximate surface area is 115 Å². The molecule has 2 rings (SSSR count). The minimum absolute atomic E-state index is 0.178. The highest BCUT2D eigenvalue weighted by atomic mass is 16.2. The quantitative estimate of drug-likeness (QED) is 0.904. The van der Waals surface area contributed by atoms with Gasteiger partial charge < -0.3 is 10.6 Å². The monoisotopic (exact) mass is 260 g/mol. The van der Waals surface area contributed by atoms with Crippen LogP contribution < -0.4 is 5.73 Å². The van der Waals surface area contributed by atoms with Gasteiger partial charge in [0.05, 0.1) is 0 Å². The lowest BCUT2D eigenvalue weighted by molar-refractivity contribution is 0.0671. The van der Waals surface area contributed by atoms with Crippen LogP contribution >= 0.6 is 0 Å². The fraction of sp³-hybridized carbons (Fsp3) is 0.562. The molecule has 0 radical (unpaired) electrons. The summed E-state index contributed by atoms with van der Waals surface area (Å²) in [6, 6.07) is 7.90. The van der Waals surface area contributed by atoms with Crippen molar-refractivity contribution in [1.29, 1.82) is 0 Å². The molecule has 1 unspecified atom stereocenters. The van der Waals surface area contributed by atoms with Crippen LogP contribution in [0.25, 0.3) is 0 Å². The van der Waals surface area contributed by atoms with E-state index in [-0.39, 0.29) is 5.91 Å². The van der Waals surface area contributed by atoms with Crippen molar-refractivity contribution in [3.8, 4) is 0 Å². The van der Waals surface area contributed by atoms with Gasteiger partial charge in [-0.05, 0) is 49.4 Å². The molecule has 104 valence electrons.